The molecule has 1 aliphatic rings. The number of nitrogens with zero attached hydrogens (tertiary/aromatic N) is 2. The Kier molecular flexibility index (Phi) is 4.00. The zero-order valence-electron chi connectivity index (χ0n) is 9.71. The largest absolute Gasteiger partial charge is 0.308 e. The molecule has 0 aromatic carbocycles. The van der Waals surface area contributed by atoms with Crippen LogP contribution < -0.4 is 10.0 Å². The summed E-state index contributed by atoms with van der Waals surface area (Å²) in [5, 5.41) is 5.39. The first-order valence-electron chi connectivity index (χ1n) is 5.39. The molecular weight excluding hydrogens is 313 g/mol. The van der Waals surface area contributed by atoms with Crippen LogP contribution in [0.15, 0.2) is 12.3 Å². The molecule has 0 saturated carbocycles. The molecule has 1 fully saturated rings. The molecule has 1 unspecified atom stereocenters. The van der Waals surface area contributed by atoms with Gasteiger partial charge in [-0.2, -0.15) is 0 Å². The molecule has 1 atom stereocenters. The number of carbonyl (C=O) groups is 1. The highest BCUT2D eigenvalue weighted by molar-refractivity contribution is 7.89. The van der Waals surface area contributed by atoms with Crippen molar-refractivity contribution in [2.24, 2.45) is 11.1 Å². The van der Waals surface area contributed by atoms with Gasteiger partial charge in [-0.15, -0.1) is 0 Å². The Hall–Kier alpha value is -0.890. The Labute approximate surface area is 120 Å². The number of anilines is 1. The van der Waals surface area contributed by atoms with Gasteiger partial charge in [-0.3, -0.25) is 4.79 Å². The van der Waals surface area contributed by atoms with Crippen molar-refractivity contribution in [3.8, 4) is 0 Å². The Morgan fingerprint density at radius 3 is 2.74 bits per heavy atom. The molecule has 1 amide bonds. The normalized spacial score (nSPS) is 20.1. The fourth-order valence-corrected chi connectivity index (χ4v) is 3.52. The molecule has 1 saturated heterocycles. The SMILES string of the molecule is NS(=O)(=O)CC1CC(=O)N(c2c(Cl)ccnc2Cl)C1. The fraction of sp³-hybridized carbons (Fsp3) is 0.400. The first-order chi connectivity index (χ1) is 8.78. The lowest BCUT2D eigenvalue weighted by Crippen LogP contribution is -2.28. The molecule has 1 aromatic heterocycles. The van der Waals surface area contributed by atoms with Crippen LogP contribution in [0, 0.1) is 5.92 Å². The molecule has 0 aliphatic carbocycles. The number of hydrogen-bond donors (Lipinski definition) is 1. The van der Waals surface area contributed by atoms with Gasteiger partial charge in [0.05, 0.1) is 10.8 Å². The van der Waals surface area contributed by atoms with E-state index in [-0.39, 0.29) is 35.7 Å². The summed E-state index contributed by atoms with van der Waals surface area (Å²) in [4.78, 5) is 17.1. The minimum atomic E-state index is -3.62. The van der Waals surface area contributed by atoms with Gasteiger partial charge >= 0.3 is 0 Å². The molecule has 2 rings (SSSR count). The number of carbonyl (C=O) groups excluding carboxylic acids is 1. The Morgan fingerprint density at radius 2 is 2.16 bits per heavy atom. The minimum Gasteiger partial charge on any atom is -0.308 e. The molecule has 1 aliphatic heterocycles. The van der Waals surface area contributed by atoms with Crippen LogP contribution in [-0.4, -0.2) is 31.6 Å². The smallest absolute Gasteiger partial charge is 0.227 e. The van der Waals surface area contributed by atoms with Crippen LogP contribution in [-0.2, 0) is 14.8 Å². The van der Waals surface area contributed by atoms with Gasteiger partial charge in [0.1, 0.15) is 5.69 Å². The van der Waals surface area contributed by atoms with Crippen LogP contribution >= 0.6 is 23.2 Å². The van der Waals surface area contributed by atoms with E-state index in [1.165, 1.54) is 17.2 Å². The van der Waals surface area contributed by atoms with Gasteiger partial charge in [0.2, 0.25) is 15.9 Å². The standard InChI is InChI=1S/C10H11Cl2N3O3S/c11-7-1-2-14-10(12)9(7)15-4-6(3-8(15)16)5-19(13,17)18/h1-2,6H,3-5H2,(H2,13,17,18). The number of hydrogen-bond acceptors (Lipinski definition) is 4. The lowest BCUT2D eigenvalue weighted by Gasteiger charge is -2.18. The minimum absolute atomic E-state index is 0.0952. The highest BCUT2D eigenvalue weighted by Crippen LogP contribution is 2.35. The summed E-state index contributed by atoms with van der Waals surface area (Å²) >= 11 is 11.9. The van der Waals surface area contributed by atoms with E-state index in [4.69, 9.17) is 28.3 Å². The summed E-state index contributed by atoms with van der Waals surface area (Å²) in [5.74, 6) is -0.856. The van der Waals surface area contributed by atoms with Gasteiger partial charge in [-0.1, -0.05) is 23.2 Å². The van der Waals surface area contributed by atoms with Crippen molar-refractivity contribution in [2.45, 2.75) is 6.42 Å². The summed E-state index contributed by atoms with van der Waals surface area (Å²) < 4.78 is 22.1. The molecule has 0 radical (unpaired) electrons. The third kappa shape index (κ3) is 3.36. The number of rotatable bonds is 3. The molecule has 0 bridgehead atoms. The van der Waals surface area contributed by atoms with Crippen LogP contribution in [0.25, 0.3) is 0 Å². The van der Waals surface area contributed by atoms with Crippen LogP contribution in [0.2, 0.25) is 10.2 Å². The number of aromatic nitrogens is 1. The van der Waals surface area contributed by atoms with Gasteiger partial charge in [-0.25, -0.2) is 18.5 Å². The quantitative estimate of drug-likeness (QED) is 0.840. The van der Waals surface area contributed by atoms with Crippen molar-refractivity contribution in [3.63, 3.8) is 0 Å². The average molecular weight is 324 g/mol. The zero-order valence-corrected chi connectivity index (χ0v) is 12.0. The van der Waals surface area contributed by atoms with Gasteiger partial charge in [0.25, 0.3) is 0 Å². The first kappa shape index (κ1) is 14.5. The maximum absolute atomic E-state index is 11.9. The zero-order chi connectivity index (χ0) is 14.2. The molecular formula is C10H11Cl2N3O3S. The molecule has 6 nitrogen and oxygen atoms in total. The Balaban J connectivity index is 2.26. The van der Waals surface area contributed by atoms with Crippen molar-refractivity contribution >= 4 is 44.8 Å². The highest BCUT2D eigenvalue weighted by atomic mass is 35.5. The molecule has 2 N–H and O–H groups in total. The van der Waals surface area contributed by atoms with E-state index in [2.05, 4.69) is 4.98 Å². The van der Waals surface area contributed by atoms with Crippen molar-refractivity contribution < 1.29 is 13.2 Å². The van der Waals surface area contributed by atoms with E-state index in [9.17, 15) is 13.2 Å². The predicted octanol–water partition coefficient (Wildman–Crippen LogP) is 1.03. The second-order valence-electron chi connectivity index (χ2n) is 4.34. The van der Waals surface area contributed by atoms with E-state index in [1.807, 2.05) is 0 Å². The van der Waals surface area contributed by atoms with E-state index in [0.717, 1.165) is 0 Å². The third-order valence-corrected chi connectivity index (χ3v) is 4.29. The molecule has 0 spiro atoms. The molecule has 9 heteroatoms. The second kappa shape index (κ2) is 5.24. The summed E-state index contributed by atoms with van der Waals surface area (Å²) in [6.07, 6.45) is 1.52. The van der Waals surface area contributed by atoms with E-state index >= 15 is 0 Å². The molecule has 1 aromatic rings. The first-order valence-corrected chi connectivity index (χ1v) is 7.86. The van der Waals surface area contributed by atoms with Gasteiger partial charge in [-0.05, 0) is 6.07 Å². The van der Waals surface area contributed by atoms with Crippen molar-refractivity contribution in [3.05, 3.63) is 22.4 Å². The van der Waals surface area contributed by atoms with E-state index in [0.29, 0.717) is 10.7 Å². The molecule has 104 valence electrons. The summed E-state index contributed by atoms with van der Waals surface area (Å²) in [6.45, 7) is 0.209. The fourth-order valence-electron chi connectivity index (χ4n) is 2.08. The number of pyridine rings is 1. The summed E-state index contributed by atoms with van der Waals surface area (Å²) in [6, 6.07) is 1.52. The molecule has 2 heterocycles. The topological polar surface area (TPSA) is 93.4 Å². The maximum Gasteiger partial charge on any atom is 0.227 e. The van der Waals surface area contributed by atoms with Crippen molar-refractivity contribution in [1.29, 1.82) is 0 Å². The molecule has 19 heavy (non-hydrogen) atoms. The van der Waals surface area contributed by atoms with Crippen molar-refractivity contribution in [2.75, 3.05) is 17.2 Å². The van der Waals surface area contributed by atoms with Gasteiger partial charge in [0, 0.05) is 25.1 Å². The lowest BCUT2D eigenvalue weighted by atomic mass is 10.1. The van der Waals surface area contributed by atoms with Crippen LogP contribution in [0.4, 0.5) is 5.69 Å². The number of halogens is 2. The summed E-state index contributed by atoms with van der Waals surface area (Å²) in [7, 11) is -3.62. The number of nitrogens with two attached hydrogens (primary N) is 1. The van der Waals surface area contributed by atoms with E-state index < -0.39 is 10.0 Å². The number of sulfonamides is 1. The van der Waals surface area contributed by atoms with Gasteiger partial charge < -0.3 is 4.90 Å². The maximum atomic E-state index is 11.9. The number of amides is 1. The monoisotopic (exact) mass is 323 g/mol. The lowest BCUT2D eigenvalue weighted by molar-refractivity contribution is -0.117. The summed E-state index contributed by atoms with van der Waals surface area (Å²) in [5.41, 5.74) is 0.313. The second-order valence-corrected chi connectivity index (χ2v) is 6.76. The average Bonchev–Trinajstić information content (AvgIpc) is 2.56. The van der Waals surface area contributed by atoms with Crippen LogP contribution in [0.5, 0.6) is 0 Å². The van der Waals surface area contributed by atoms with Crippen LogP contribution in [0.3, 0.4) is 0 Å². The number of primary sulfonamides is 1. The third-order valence-electron chi connectivity index (χ3n) is 2.77. The van der Waals surface area contributed by atoms with Gasteiger partial charge in [0.15, 0.2) is 5.15 Å². The Bertz CT molecular complexity index is 600. The van der Waals surface area contributed by atoms with Crippen molar-refractivity contribution in [1.82, 2.24) is 4.98 Å². The van der Waals surface area contributed by atoms with Crippen LogP contribution in [0.1, 0.15) is 6.42 Å². The Morgan fingerprint density at radius 1 is 1.47 bits per heavy atom. The predicted molar refractivity (Wildman–Crippen MR) is 72.7 cm³/mol. The van der Waals surface area contributed by atoms with E-state index in [1.54, 1.807) is 0 Å². The highest BCUT2D eigenvalue weighted by Gasteiger charge is 2.34.